The molecule has 2 heterocycles. The Bertz CT molecular complexity index is 1230. The lowest BCUT2D eigenvalue weighted by atomic mass is 9.85. The Morgan fingerprint density at radius 1 is 1.00 bits per heavy atom. The number of likely N-dealkylation sites (tertiary alicyclic amines) is 1. The first-order valence-electron chi connectivity index (χ1n) is 16.7. The maximum Gasteiger partial charge on any atom is 0.246 e. The molecule has 1 fully saturated rings. The predicted molar refractivity (Wildman–Crippen MR) is 182 cm³/mol. The summed E-state index contributed by atoms with van der Waals surface area (Å²) < 4.78 is 0. The third-order valence-corrected chi connectivity index (χ3v) is 9.65. The maximum absolute atomic E-state index is 13.9. The number of unbranched alkanes of at least 4 members (excludes halogenated alkanes) is 8. The topological polar surface area (TPSA) is 138 Å². The van der Waals surface area contributed by atoms with Gasteiger partial charge in [0, 0.05) is 19.4 Å². The number of benzene rings is 1. The number of thiazole rings is 1. The summed E-state index contributed by atoms with van der Waals surface area (Å²) in [7, 11) is 0. The van der Waals surface area contributed by atoms with E-state index in [2.05, 4.69) is 15.6 Å². The van der Waals surface area contributed by atoms with Gasteiger partial charge in [0.15, 0.2) is 0 Å². The van der Waals surface area contributed by atoms with Crippen LogP contribution in [0.3, 0.4) is 0 Å². The highest BCUT2D eigenvalue weighted by Crippen LogP contribution is 2.29. The van der Waals surface area contributed by atoms with Gasteiger partial charge in [0.25, 0.3) is 0 Å². The normalized spacial score (nSPS) is 18.1. The number of amides is 3. The Morgan fingerprint density at radius 3 is 2.16 bits per heavy atom. The van der Waals surface area contributed by atoms with Crippen molar-refractivity contribution in [1.82, 2.24) is 20.5 Å². The molecule has 250 valence electrons. The molecule has 1 aromatic carbocycles. The fraction of sp³-hybridized carbons (Fsp3) is 0.657. The quantitative estimate of drug-likeness (QED) is 0.165. The van der Waals surface area contributed by atoms with E-state index in [0.717, 1.165) is 53.9 Å². The van der Waals surface area contributed by atoms with Crippen molar-refractivity contribution in [2.45, 2.75) is 129 Å². The molecular weight excluding hydrogens is 586 g/mol. The van der Waals surface area contributed by atoms with Crippen LogP contribution in [-0.2, 0) is 14.4 Å². The molecule has 1 aromatic heterocycles. The summed E-state index contributed by atoms with van der Waals surface area (Å²) in [5, 5.41) is 16.5. The summed E-state index contributed by atoms with van der Waals surface area (Å²) in [6.07, 6.45) is 9.74. The first-order valence-corrected chi connectivity index (χ1v) is 17.6. The van der Waals surface area contributed by atoms with Crippen molar-refractivity contribution < 1.29 is 19.5 Å². The molecule has 1 saturated heterocycles. The summed E-state index contributed by atoms with van der Waals surface area (Å²) in [4.78, 5) is 47.2. The average Bonchev–Trinajstić information content (AvgIpc) is 3.61. The Labute approximate surface area is 273 Å². The molecule has 1 aliphatic rings. The Morgan fingerprint density at radius 2 is 1.60 bits per heavy atom. The number of β-amino-alcohol motifs (C(OH)–C–C–N with tert-alkyl or cyclic N) is 1. The molecule has 5 N–H and O–H groups in total. The van der Waals surface area contributed by atoms with Crippen LogP contribution >= 0.6 is 11.3 Å². The summed E-state index contributed by atoms with van der Waals surface area (Å²) >= 11 is 1.59. The highest BCUT2D eigenvalue weighted by molar-refractivity contribution is 7.13. The van der Waals surface area contributed by atoms with E-state index in [4.69, 9.17) is 5.73 Å². The molecule has 0 aliphatic carbocycles. The van der Waals surface area contributed by atoms with Crippen molar-refractivity contribution >= 4 is 29.1 Å². The van der Waals surface area contributed by atoms with Crippen molar-refractivity contribution in [2.75, 3.05) is 13.1 Å². The van der Waals surface area contributed by atoms with Gasteiger partial charge in [0.05, 0.1) is 28.2 Å². The van der Waals surface area contributed by atoms with Gasteiger partial charge < -0.3 is 26.4 Å². The van der Waals surface area contributed by atoms with Gasteiger partial charge in [-0.05, 0) is 49.8 Å². The van der Waals surface area contributed by atoms with E-state index in [9.17, 15) is 19.5 Å². The first-order chi connectivity index (χ1) is 21.4. The Hall–Kier alpha value is -2.82. The van der Waals surface area contributed by atoms with Gasteiger partial charge in [-0.1, -0.05) is 90.0 Å². The van der Waals surface area contributed by atoms with E-state index in [1.165, 1.54) is 37.0 Å². The average molecular weight is 642 g/mol. The van der Waals surface area contributed by atoms with Crippen LogP contribution in [0.25, 0.3) is 10.4 Å². The lowest BCUT2D eigenvalue weighted by Gasteiger charge is -2.35. The van der Waals surface area contributed by atoms with Gasteiger partial charge in [-0.3, -0.25) is 14.4 Å². The highest BCUT2D eigenvalue weighted by atomic mass is 32.1. The Kier molecular flexibility index (Phi) is 14.5. The van der Waals surface area contributed by atoms with Crippen LogP contribution in [0.5, 0.6) is 0 Å². The number of carbonyl (C=O) groups excluding carboxylic acids is 3. The lowest BCUT2D eigenvalue weighted by Crippen LogP contribution is -2.57. The zero-order valence-electron chi connectivity index (χ0n) is 27.9. The van der Waals surface area contributed by atoms with E-state index in [1.807, 2.05) is 64.4 Å². The molecule has 0 unspecified atom stereocenters. The van der Waals surface area contributed by atoms with Gasteiger partial charge in [0.1, 0.15) is 12.1 Å². The molecule has 3 rings (SSSR count). The number of aryl methyl sites for hydroxylation is 1. The van der Waals surface area contributed by atoms with Crippen LogP contribution in [0, 0.1) is 12.3 Å². The number of aliphatic hydroxyl groups excluding tert-OH is 1. The lowest BCUT2D eigenvalue weighted by molar-refractivity contribution is -0.144. The van der Waals surface area contributed by atoms with Gasteiger partial charge in [0.2, 0.25) is 17.7 Å². The monoisotopic (exact) mass is 641 g/mol. The fourth-order valence-electron chi connectivity index (χ4n) is 5.92. The number of aromatic nitrogens is 1. The highest BCUT2D eigenvalue weighted by Gasteiger charge is 2.44. The summed E-state index contributed by atoms with van der Waals surface area (Å²) in [5.41, 5.74) is 9.80. The molecule has 0 saturated carbocycles. The molecule has 0 bridgehead atoms. The second-order valence-corrected chi connectivity index (χ2v) is 14.5. The van der Waals surface area contributed by atoms with Crippen molar-refractivity contribution in [1.29, 1.82) is 0 Å². The number of nitrogens with one attached hydrogen (secondary N) is 2. The van der Waals surface area contributed by atoms with Gasteiger partial charge in [-0.25, -0.2) is 4.98 Å². The number of aliphatic hydroxyl groups is 1. The maximum atomic E-state index is 13.9. The number of hydrogen-bond donors (Lipinski definition) is 4. The van der Waals surface area contributed by atoms with E-state index < -0.39 is 23.6 Å². The van der Waals surface area contributed by atoms with Gasteiger partial charge in [-0.2, -0.15) is 0 Å². The third-order valence-electron chi connectivity index (χ3n) is 8.67. The fourth-order valence-corrected chi connectivity index (χ4v) is 6.73. The van der Waals surface area contributed by atoms with E-state index in [-0.39, 0.29) is 36.7 Å². The van der Waals surface area contributed by atoms with Crippen LogP contribution in [0.1, 0.15) is 116 Å². The van der Waals surface area contributed by atoms with Crippen LogP contribution in [0.15, 0.2) is 29.8 Å². The smallest absolute Gasteiger partial charge is 0.246 e. The van der Waals surface area contributed by atoms with Gasteiger partial charge in [-0.15, -0.1) is 11.3 Å². The van der Waals surface area contributed by atoms with E-state index in [1.54, 1.807) is 11.3 Å². The number of carbonyl (C=O) groups is 3. The molecule has 1 aliphatic heterocycles. The minimum absolute atomic E-state index is 0.0584. The minimum Gasteiger partial charge on any atom is -0.391 e. The zero-order chi connectivity index (χ0) is 33.0. The number of nitrogens with zero attached hydrogens (tertiary/aromatic N) is 2. The molecule has 10 heteroatoms. The number of nitrogens with two attached hydrogens (primary N) is 1. The zero-order valence-corrected chi connectivity index (χ0v) is 28.8. The second-order valence-electron chi connectivity index (χ2n) is 13.6. The molecular formula is C35H55N5O4S. The van der Waals surface area contributed by atoms with Crippen molar-refractivity contribution in [3.8, 4) is 10.4 Å². The third kappa shape index (κ3) is 11.2. The summed E-state index contributed by atoms with van der Waals surface area (Å²) in [5.74, 6) is -0.802. The van der Waals surface area contributed by atoms with Crippen LogP contribution < -0.4 is 16.4 Å². The molecule has 4 atom stereocenters. The SMILES string of the molecule is Cc1ncsc1-c1ccc([C@H](C)NC(=O)[C@@H]2C[C@@H](O)CN2C(=O)[C@@H](NC(=O)CCCCCCCCCCCN)C(C)(C)C)cc1. The standard InChI is InChI=1S/C35H55N5O4S/c1-24(26-16-18-27(19-17-26)31-25(2)37-23-45-31)38-33(43)29-21-28(41)22-40(29)34(44)32(35(3,4)5)39-30(42)15-13-11-9-7-6-8-10-12-14-20-36/h16-19,23-24,28-29,32,41H,6-15,20-22,36H2,1-5H3,(H,38,43)(H,39,42)/t24-,28+,29-,32+/m0/s1. The van der Waals surface area contributed by atoms with E-state index in [0.29, 0.717) is 6.42 Å². The number of hydrogen-bond acceptors (Lipinski definition) is 7. The number of rotatable bonds is 17. The largest absolute Gasteiger partial charge is 0.391 e. The Balaban J connectivity index is 1.53. The molecule has 0 spiro atoms. The van der Waals surface area contributed by atoms with Crippen molar-refractivity contribution in [2.24, 2.45) is 11.1 Å². The molecule has 2 aromatic rings. The van der Waals surface area contributed by atoms with Crippen LogP contribution in [0.2, 0.25) is 0 Å². The molecule has 0 radical (unpaired) electrons. The van der Waals surface area contributed by atoms with Crippen molar-refractivity contribution in [3.05, 3.63) is 41.0 Å². The summed E-state index contributed by atoms with van der Waals surface area (Å²) in [6.45, 7) is 10.4. The second kappa shape index (κ2) is 17.8. The van der Waals surface area contributed by atoms with E-state index >= 15 is 0 Å². The minimum atomic E-state index is -0.814. The van der Waals surface area contributed by atoms with Crippen molar-refractivity contribution in [3.63, 3.8) is 0 Å². The molecule has 3 amide bonds. The molecule has 45 heavy (non-hydrogen) atoms. The summed E-state index contributed by atoms with van der Waals surface area (Å²) in [6, 6.07) is 6.11. The predicted octanol–water partition coefficient (Wildman–Crippen LogP) is 5.65. The van der Waals surface area contributed by atoms with Gasteiger partial charge >= 0.3 is 0 Å². The first kappa shape index (κ1) is 36.6. The van der Waals surface area contributed by atoms with Crippen LogP contribution in [0.4, 0.5) is 0 Å². The van der Waals surface area contributed by atoms with Crippen LogP contribution in [-0.4, -0.2) is 64.0 Å². The molecule has 9 nitrogen and oxygen atoms in total.